The van der Waals surface area contributed by atoms with Crippen LogP contribution in [0.1, 0.15) is 146 Å². The van der Waals surface area contributed by atoms with E-state index < -0.39 is 0 Å². The molecule has 3 fully saturated rings. The van der Waals surface area contributed by atoms with Gasteiger partial charge in [0.15, 0.2) is 0 Å². The van der Waals surface area contributed by atoms with Gasteiger partial charge in [-0.15, -0.1) is 0 Å². The summed E-state index contributed by atoms with van der Waals surface area (Å²) in [5, 5.41) is 0. The van der Waals surface area contributed by atoms with Gasteiger partial charge in [-0.2, -0.15) is 0 Å². The molecule has 0 aromatic heterocycles. The monoisotopic (exact) mass is 577 g/mol. The number of carbonyl (C=O) groups excluding carboxylic acids is 1. The topological polar surface area (TPSA) is 52.3 Å². The van der Waals surface area contributed by atoms with Gasteiger partial charge in [0.2, 0.25) is 0 Å². The van der Waals surface area contributed by atoms with Crippen LogP contribution >= 0.6 is 0 Å². The van der Waals surface area contributed by atoms with Gasteiger partial charge in [-0.25, -0.2) is 4.79 Å². The van der Waals surface area contributed by atoms with Crippen molar-refractivity contribution in [2.45, 2.75) is 151 Å². The summed E-state index contributed by atoms with van der Waals surface area (Å²) in [6.45, 7) is 18.2. The molecular formula is C39H63NO2. The zero-order valence-electron chi connectivity index (χ0n) is 28.4. The van der Waals surface area contributed by atoms with Crippen molar-refractivity contribution >= 4 is 5.97 Å². The van der Waals surface area contributed by atoms with Crippen molar-refractivity contribution in [3.8, 4) is 0 Å². The van der Waals surface area contributed by atoms with Gasteiger partial charge in [-0.3, -0.25) is 0 Å². The van der Waals surface area contributed by atoms with Crippen molar-refractivity contribution < 1.29 is 9.53 Å². The minimum absolute atomic E-state index is 0.000988. The molecule has 236 valence electrons. The van der Waals surface area contributed by atoms with E-state index in [0.717, 1.165) is 54.1 Å². The molecule has 0 amide bonds. The van der Waals surface area contributed by atoms with Crippen LogP contribution in [0.4, 0.5) is 0 Å². The van der Waals surface area contributed by atoms with Crippen LogP contribution in [0.15, 0.2) is 29.8 Å². The van der Waals surface area contributed by atoms with Crippen LogP contribution in [0.3, 0.4) is 0 Å². The Morgan fingerprint density at radius 2 is 1.64 bits per heavy atom. The molecule has 4 aliphatic carbocycles. The summed E-state index contributed by atoms with van der Waals surface area (Å²) in [4.78, 5) is 13.0. The van der Waals surface area contributed by atoms with Gasteiger partial charge in [0.1, 0.15) is 6.10 Å². The molecule has 2 N–H and O–H groups in total. The summed E-state index contributed by atoms with van der Waals surface area (Å²) in [6, 6.07) is 6.01. The first-order valence-corrected chi connectivity index (χ1v) is 17.7. The molecule has 3 heteroatoms. The highest BCUT2D eigenvalue weighted by Crippen LogP contribution is 2.63. The largest absolute Gasteiger partial charge is 0.458 e. The summed E-state index contributed by atoms with van der Waals surface area (Å²) in [6.07, 6.45) is 18.5. The van der Waals surface area contributed by atoms with Gasteiger partial charge >= 0.3 is 5.97 Å². The molecule has 4 aliphatic rings. The molecule has 1 aromatic carbocycles. The number of carbonyl (C=O) groups is 1. The van der Waals surface area contributed by atoms with E-state index in [2.05, 4.69) is 53.7 Å². The van der Waals surface area contributed by atoms with E-state index in [4.69, 9.17) is 10.5 Å². The average Bonchev–Trinajstić information content (AvgIpc) is 3.30. The fraction of sp³-hybridized carbons (Fsp3) is 0.769. The molecule has 0 bridgehead atoms. The third-order valence-corrected chi connectivity index (χ3v) is 12.1. The standard InChI is InChI=1S/C35H53NO2.C4H10/c1-22(2)8-7-9-25(5)30-12-13-32-29-11-10-27-21-28(38-33(37)26-19-23(3)18-24(4)20-26)14-16-34(27,6)31(29)15-17-35(30,32)36;1-3-4-2/h10,18-20,22,25,28-32H,7-9,11-17,21,36H2,1-6H3;3-4H2,1-2H3. The second-order valence-corrected chi connectivity index (χ2v) is 15.5. The smallest absolute Gasteiger partial charge is 0.338 e. The Hall–Kier alpha value is -1.61. The summed E-state index contributed by atoms with van der Waals surface area (Å²) in [5.41, 5.74) is 12.2. The second-order valence-electron chi connectivity index (χ2n) is 15.5. The van der Waals surface area contributed by atoms with Crippen molar-refractivity contribution in [1.82, 2.24) is 0 Å². The number of fused-ring (bicyclic) bond motifs is 5. The zero-order valence-corrected chi connectivity index (χ0v) is 28.4. The molecule has 0 spiro atoms. The van der Waals surface area contributed by atoms with E-state index in [1.165, 1.54) is 64.2 Å². The number of hydrogen-bond acceptors (Lipinski definition) is 3. The molecule has 3 saturated carbocycles. The first-order chi connectivity index (χ1) is 19.9. The van der Waals surface area contributed by atoms with Crippen molar-refractivity contribution in [3.63, 3.8) is 0 Å². The first-order valence-electron chi connectivity index (χ1n) is 17.7. The Kier molecular flexibility index (Phi) is 11.1. The van der Waals surface area contributed by atoms with E-state index in [9.17, 15) is 4.79 Å². The summed E-state index contributed by atoms with van der Waals surface area (Å²) < 4.78 is 6.09. The number of esters is 1. The van der Waals surface area contributed by atoms with Crippen LogP contribution in [0.25, 0.3) is 0 Å². The lowest BCUT2D eigenvalue weighted by Gasteiger charge is -2.58. The lowest BCUT2D eigenvalue weighted by molar-refractivity contribution is -0.0327. The molecule has 1 aromatic rings. The minimum Gasteiger partial charge on any atom is -0.458 e. The SMILES string of the molecule is CCCC.Cc1cc(C)cc(C(=O)OC2CCC3(C)C(=CCC4C3CCC3(N)C(C(C)CCCC(C)C)CCC43)C2)c1. The average molecular weight is 578 g/mol. The highest BCUT2D eigenvalue weighted by Gasteiger charge is 2.59. The maximum Gasteiger partial charge on any atom is 0.338 e. The number of rotatable bonds is 8. The number of unbranched alkanes of at least 4 members (excludes halogenated alkanes) is 1. The van der Waals surface area contributed by atoms with Gasteiger partial charge in [0, 0.05) is 12.0 Å². The van der Waals surface area contributed by atoms with Crippen molar-refractivity contribution in [2.75, 3.05) is 0 Å². The maximum atomic E-state index is 13.0. The molecule has 42 heavy (non-hydrogen) atoms. The van der Waals surface area contributed by atoms with Crippen molar-refractivity contribution in [2.24, 2.45) is 46.7 Å². The number of allylic oxidation sites excluding steroid dienone is 1. The summed E-state index contributed by atoms with van der Waals surface area (Å²) >= 11 is 0. The summed E-state index contributed by atoms with van der Waals surface area (Å²) in [7, 11) is 0. The Morgan fingerprint density at radius 1 is 0.952 bits per heavy atom. The third-order valence-electron chi connectivity index (χ3n) is 12.1. The fourth-order valence-corrected chi connectivity index (χ4v) is 9.67. The van der Waals surface area contributed by atoms with Crippen molar-refractivity contribution in [1.29, 1.82) is 0 Å². The Bertz CT molecular complexity index is 1070. The van der Waals surface area contributed by atoms with Gasteiger partial charge in [-0.05, 0) is 112 Å². The molecule has 0 saturated heterocycles. The fourth-order valence-electron chi connectivity index (χ4n) is 9.67. The molecule has 0 heterocycles. The van der Waals surface area contributed by atoms with Gasteiger partial charge < -0.3 is 10.5 Å². The van der Waals surface area contributed by atoms with E-state index in [-0.39, 0.29) is 23.0 Å². The van der Waals surface area contributed by atoms with E-state index in [1.54, 1.807) is 5.57 Å². The lowest BCUT2D eigenvalue weighted by Crippen LogP contribution is -2.59. The number of aryl methyl sites for hydroxylation is 2. The number of benzene rings is 1. The number of hydrogen-bond donors (Lipinski definition) is 1. The predicted octanol–water partition coefficient (Wildman–Crippen LogP) is 10.4. The molecule has 0 aliphatic heterocycles. The first kappa shape index (κ1) is 33.3. The van der Waals surface area contributed by atoms with Crippen LogP contribution in [-0.2, 0) is 4.74 Å². The Labute approximate surface area is 258 Å². The van der Waals surface area contributed by atoms with Gasteiger partial charge in [-0.1, -0.05) is 102 Å². The van der Waals surface area contributed by atoms with Crippen LogP contribution in [0, 0.1) is 54.8 Å². The zero-order chi connectivity index (χ0) is 30.7. The van der Waals surface area contributed by atoms with Crippen LogP contribution in [-0.4, -0.2) is 17.6 Å². The molecule has 0 radical (unpaired) electrons. The van der Waals surface area contributed by atoms with Crippen LogP contribution in [0.2, 0.25) is 0 Å². The Morgan fingerprint density at radius 3 is 2.29 bits per heavy atom. The molecule has 8 atom stereocenters. The number of nitrogens with two attached hydrogens (primary N) is 1. The van der Waals surface area contributed by atoms with Gasteiger partial charge in [0.25, 0.3) is 0 Å². The van der Waals surface area contributed by atoms with Gasteiger partial charge in [0.05, 0.1) is 5.56 Å². The quantitative estimate of drug-likeness (QED) is 0.247. The van der Waals surface area contributed by atoms with Crippen LogP contribution < -0.4 is 5.73 Å². The maximum absolute atomic E-state index is 13.0. The highest BCUT2D eigenvalue weighted by atomic mass is 16.5. The Balaban J connectivity index is 0.000000952. The highest BCUT2D eigenvalue weighted by molar-refractivity contribution is 5.90. The van der Waals surface area contributed by atoms with E-state index >= 15 is 0 Å². The molecule has 8 unspecified atom stereocenters. The molecule has 3 nitrogen and oxygen atoms in total. The molecule has 5 rings (SSSR count). The normalized spacial score (nSPS) is 34.3. The second kappa shape index (κ2) is 14.0. The predicted molar refractivity (Wildman–Crippen MR) is 178 cm³/mol. The number of ether oxygens (including phenoxy) is 1. The lowest BCUT2D eigenvalue weighted by atomic mass is 9.48. The van der Waals surface area contributed by atoms with E-state index in [0.29, 0.717) is 17.4 Å². The third kappa shape index (κ3) is 7.03. The van der Waals surface area contributed by atoms with E-state index in [1.807, 2.05) is 26.0 Å². The molecular weight excluding hydrogens is 514 g/mol. The summed E-state index contributed by atoms with van der Waals surface area (Å²) in [5.74, 6) is 4.21. The minimum atomic E-state index is -0.162. The van der Waals surface area contributed by atoms with Crippen LogP contribution in [0.5, 0.6) is 0 Å². The van der Waals surface area contributed by atoms with Crippen molar-refractivity contribution in [3.05, 3.63) is 46.5 Å².